The standard InChI is InChI=1S/C18H16.C11H12N2O2/c1-3-7-15-13(5-1)9-11-18-16-8-4-2-6-14(16)10-12-17(15)18;12-9(11(14)15)5-7-6-13-10-4-2-1-3-8(7)10/h1,3,5,7,9-12H,2,4,6,8H2;1-4,6,9,13H,5,12H2,(H,14,15). The number of nitrogens with one attached hydrogen (secondary N) is 1. The molecule has 0 radical (unpaired) electrons. The number of carboxylic acid groups (broad SMARTS) is 1. The highest BCUT2D eigenvalue weighted by Crippen LogP contribution is 2.33. The number of aromatic amines is 1. The average molecular weight is 437 g/mol. The van der Waals surface area contributed by atoms with Crippen molar-refractivity contribution in [3.05, 3.63) is 95.7 Å². The maximum absolute atomic E-state index is 10.6. The number of carboxylic acids is 1. The van der Waals surface area contributed by atoms with Crippen molar-refractivity contribution in [2.24, 2.45) is 5.73 Å². The Morgan fingerprint density at radius 3 is 2.42 bits per heavy atom. The van der Waals surface area contributed by atoms with Crippen molar-refractivity contribution in [1.82, 2.24) is 4.98 Å². The van der Waals surface area contributed by atoms with E-state index in [4.69, 9.17) is 10.8 Å². The van der Waals surface area contributed by atoms with Crippen LogP contribution >= 0.6 is 0 Å². The highest BCUT2D eigenvalue weighted by molar-refractivity contribution is 6.08. The lowest BCUT2D eigenvalue weighted by molar-refractivity contribution is -0.138. The molecule has 0 aliphatic heterocycles. The number of rotatable bonds is 3. The SMILES string of the molecule is NC(Cc1c[nH]c2ccccc12)C(=O)O.c1ccc2c(c1)ccc1c3c(ccc12)CCCC3. The number of nitrogens with two attached hydrogens (primary N) is 1. The van der Waals surface area contributed by atoms with Crippen LogP contribution in [0.15, 0.2) is 79.0 Å². The Bertz CT molecular complexity index is 1450. The minimum atomic E-state index is -0.972. The van der Waals surface area contributed by atoms with Crippen LogP contribution in [0.2, 0.25) is 0 Å². The zero-order valence-corrected chi connectivity index (χ0v) is 18.6. The van der Waals surface area contributed by atoms with Gasteiger partial charge >= 0.3 is 5.97 Å². The van der Waals surface area contributed by atoms with Crippen molar-refractivity contribution in [2.45, 2.75) is 38.1 Å². The summed E-state index contributed by atoms with van der Waals surface area (Å²) in [5, 5.41) is 15.4. The zero-order chi connectivity index (χ0) is 22.8. The summed E-state index contributed by atoms with van der Waals surface area (Å²) >= 11 is 0. The summed E-state index contributed by atoms with van der Waals surface area (Å²) in [5.74, 6) is -0.972. The third kappa shape index (κ3) is 4.22. The number of aromatic nitrogens is 1. The quantitative estimate of drug-likeness (QED) is 0.304. The summed E-state index contributed by atoms with van der Waals surface area (Å²) in [6, 6.07) is 24.9. The Morgan fingerprint density at radius 1 is 0.848 bits per heavy atom. The lowest BCUT2D eigenvalue weighted by Crippen LogP contribution is -2.32. The van der Waals surface area contributed by atoms with Crippen molar-refractivity contribution in [3.63, 3.8) is 0 Å². The van der Waals surface area contributed by atoms with Crippen LogP contribution in [-0.2, 0) is 24.1 Å². The van der Waals surface area contributed by atoms with Gasteiger partial charge in [-0.15, -0.1) is 0 Å². The van der Waals surface area contributed by atoms with E-state index in [0.29, 0.717) is 6.42 Å². The molecule has 0 fully saturated rings. The van der Waals surface area contributed by atoms with Crippen LogP contribution in [-0.4, -0.2) is 22.1 Å². The average Bonchev–Trinajstić information content (AvgIpc) is 3.26. The normalized spacial score (nSPS) is 14.0. The third-order valence-electron chi connectivity index (χ3n) is 6.69. The van der Waals surface area contributed by atoms with E-state index >= 15 is 0 Å². The molecule has 4 heteroatoms. The number of aryl methyl sites for hydroxylation is 2. The van der Waals surface area contributed by atoms with Crippen LogP contribution < -0.4 is 5.73 Å². The molecule has 0 amide bonds. The summed E-state index contributed by atoms with van der Waals surface area (Å²) < 4.78 is 0. The molecule has 166 valence electrons. The Morgan fingerprint density at radius 2 is 1.58 bits per heavy atom. The van der Waals surface area contributed by atoms with Gasteiger partial charge in [-0.25, -0.2) is 0 Å². The van der Waals surface area contributed by atoms with Gasteiger partial charge in [0.2, 0.25) is 0 Å². The molecule has 33 heavy (non-hydrogen) atoms. The molecule has 1 aliphatic rings. The van der Waals surface area contributed by atoms with Crippen LogP contribution in [0.25, 0.3) is 32.4 Å². The fourth-order valence-corrected chi connectivity index (χ4v) is 4.97. The zero-order valence-electron chi connectivity index (χ0n) is 18.6. The molecule has 4 N–H and O–H groups in total. The van der Waals surface area contributed by atoms with Crippen LogP contribution in [0.4, 0.5) is 0 Å². The van der Waals surface area contributed by atoms with Crippen molar-refractivity contribution in [2.75, 3.05) is 0 Å². The van der Waals surface area contributed by atoms with E-state index in [1.165, 1.54) is 47.2 Å². The predicted octanol–water partition coefficient (Wildman–Crippen LogP) is 5.99. The van der Waals surface area contributed by atoms with Crippen LogP contribution in [0, 0.1) is 0 Å². The van der Waals surface area contributed by atoms with E-state index in [-0.39, 0.29) is 0 Å². The first-order valence-corrected chi connectivity index (χ1v) is 11.6. The maximum atomic E-state index is 10.6. The van der Waals surface area contributed by atoms with Crippen LogP contribution in [0.5, 0.6) is 0 Å². The van der Waals surface area contributed by atoms with Crippen molar-refractivity contribution < 1.29 is 9.90 Å². The molecule has 1 aliphatic carbocycles. The fraction of sp³-hybridized carbons (Fsp3) is 0.207. The van der Waals surface area contributed by atoms with Gasteiger partial charge in [-0.3, -0.25) is 4.79 Å². The van der Waals surface area contributed by atoms with E-state index in [2.05, 4.69) is 53.5 Å². The third-order valence-corrected chi connectivity index (χ3v) is 6.69. The van der Waals surface area contributed by atoms with E-state index in [1.54, 1.807) is 11.1 Å². The molecule has 1 aromatic heterocycles. The molecule has 0 bridgehead atoms. The molecule has 0 saturated heterocycles. The van der Waals surface area contributed by atoms with Crippen molar-refractivity contribution >= 4 is 38.4 Å². The van der Waals surface area contributed by atoms with Gasteiger partial charge in [0.15, 0.2) is 0 Å². The molecule has 4 aromatic carbocycles. The monoisotopic (exact) mass is 436 g/mol. The first-order valence-electron chi connectivity index (χ1n) is 11.6. The van der Waals surface area contributed by atoms with Gasteiger partial charge in [0.1, 0.15) is 6.04 Å². The first-order chi connectivity index (χ1) is 16.1. The molecule has 5 aromatic rings. The summed E-state index contributed by atoms with van der Waals surface area (Å²) in [6.45, 7) is 0. The minimum absolute atomic E-state index is 0.347. The number of aliphatic carboxylic acids is 1. The number of carbonyl (C=O) groups is 1. The number of H-pyrrole nitrogens is 1. The van der Waals surface area contributed by atoms with Gasteiger partial charge in [0, 0.05) is 23.5 Å². The van der Waals surface area contributed by atoms with Crippen LogP contribution in [0.3, 0.4) is 0 Å². The first kappa shape index (κ1) is 21.2. The molecule has 1 unspecified atom stereocenters. The van der Waals surface area contributed by atoms with Crippen LogP contribution in [0.1, 0.15) is 29.5 Å². The highest BCUT2D eigenvalue weighted by atomic mass is 16.4. The second-order valence-corrected chi connectivity index (χ2v) is 8.80. The van der Waals surface area contributed by atoms with Gasteiger partial charge in [-0.1, -0.05) is 66.7 Å². The Balaban J connectivity index is 0.000000141. The van der Waals surface area contributed by atoms with E-state index in [1.807, 2.05) is 30.5 Å². The van der Waals surface area contributed by atoms with Crippen molar-refractivity contribution in [1.29, 1.82) is 0 Å². The Hall–Kier alpha value is -3.63. The van der Waals surface area contributed by atoms with E-state index in [0.717, 1.165) is 16.5 Å². The van der Waals surface area contributed by atoms with E-state index < -0.39 is 12.0 Å². The van der Waals surface area contributed by atoms with Gasteiger partial charge in [0.25, 0.3) is 0 Å². The van der Waals surface area contributed by atoms with Gasteiger partial charge in [-0.2, -0.15) is 0 Å². The molecule has 0 saturated carbocycles. The predicted molar refractivity (Wildman–Crippen MR) is 136 cm³/mol. The summed E-state index contributed by atoms with van der Waals surface area (Å²) in [5.41, 5.74) is 10.6. The van der Waals surface area contributed by atoms with Gasteiger partial charge < -0.3 is 15.8 Å². The topological polar surface area (TPSA) is 79.1 Å². The highest BCUT2D eigenvalue weighted by Gasteiger charge is 2.15. The fourth-order valence-electron chi connectivity index (χ4n) is 4.97. The lowest BCUT2D eigenvalue weighted by atomic mass is 9.86. The summed E-state index contributed by atoms with van der Waals surface area (Å²) in [4.78, 5) is 13.7. The second-order valence-electron chi connectivity index (χ2n) is 8.80. The molecule has 1 atom stereocenters. The number of fused-ring (bicyclic) bond motifs is 6. The van der Waals surface area contributed by atoms with Gasteiger partial charge in [0.05, 0.1) is 0 Å². The number of hydrogen-bond acceptors (Lipinski definition) is 2. The summed E-state index contributed by atoms with van der Waals surface area (Å²) in [6.07, 6.45) is 7.38. The molecule has 4 nitrogen and oxygen atoms in total. The molecular formula is C29H28N2O2. The number of para-hydroxylation sites is 1. The minimum Gasteiger partial charge on any atom is -0.480 e. The number of benzene rings is 4. The number of hydrogen-bond donors (Lipinski definition) is 3. The largest absolute Gasteiger partial charge is 0.480 e. The molecular weight excluding hydrogens is 408 g/mol. The molecule has 0 spiro atoms. The maximum Gasteiger partial charge on any atom is 0.320 e. The smallest absolute Gasteiger partial charge is 0.320 e. The summed E-state index contributed by atoms with van der Waals surface area (Å²) in [7, 11) is 0. The molecule has 1 heterocycles. The van der Waals surface area contributed by atoms with Gasteiger partial charge in [-0.05, 0) is 70.0 Å². The van der Waals surface area contributed by atoms with E-state index in [9.17, 15) is 4.79 Å². The Kier molecular flexibility index (Phi) is 5.84. The van der Waals surface area contributed by atoms with Crippen molar-refractivity contribution in [3.8, 4) is 0 Å². The second kappa shape index (κ2) is 9.08. The Labute approximate surface area is 193 Å². The molecule has 6 rings (SSSR count). The lowest BCUT2D eigenvalue weighted by Gasteiger charge is -2.18.